The molecule has 1 aliphatic rings. The highest BCUT2D eigenvalue weighted by Crippen LogP contribution is 2.34. The summed E-state index contributed by atoms with van der Waals surface area (Å²) < 4.78 is 37.9. The Morgan fingerprint density at radius 2 is 1.73 bits per heavy atom. The minimum atomic E-state index is -4.18. The summed E-state index contributed by atoms with van der Waals surface area (Å²) in [6.07, 6.45) is -3.76. The van der Waals surface area contributed by atoms with E-state index in [1.165, 1.54) is 0 Å². The lowest BCUT2D eigenvalue weighted by molar-refractivity contribution is -0.195. The Morgan fingerprint density at radius 3 is 2.13 bits per heavy atom. The normalized spacial score (nSPS) is 30.6. The largest absolute Gasteiger partial charge is 0.394 e. The zero-order valence-corrected chi connectivity index (χ0v) is 9.43. The molecule has 1 saturated heterocycles. The van der Waals surface area contributed by atoms with Gasteiger partial charge in [-0.15, -0.1) is 0 Å². The van der Waals surface area contributed by atoms with Gasteiger partial charge in [0.05, 0.1) is 5.92 Å². The van der Waals surface area contributed by atoms with Crippen molar-refractivity contribution in [3.05, 3.63) is 0 Å². The predicted molar refractivity (Wildman–Crippen MR) is 53.5 cm³/mol. The van der Waals surface area contributed by atoms with Gasteiger partial charge < -0.3 is 5.73 Å². The lowest BCUT2D eigenvalue weighted by Gasteiger charge is -2.44. The molecular formula is C10H19F3N2. The quantitative estimate of drug-likeness (QED) is 0.682. The van der Waals surface area contributed by atoms with Crippen molar-refractivity contribution in [2.45, 2.75) is 44.9 Å². The maximum absolute atomic E-state index is 12.6. The molecule has 15 heavy (non-hydrogen) atoms. The fourth-order valence-electron chi connectivity index (χ4n) is 1.93. The van der Waals surface area contributed by atoms with Crippen molar-refractivity contribution in [2.24, 2.45) is 11.7 Å². The molecule has 1 heterocycles. The molecule has 1 fully saturated rings. The molecule has 0 spiro atoms. The van der Waals surface area contributed by atoms with Crippen molar-refractivity contribution in [3.8, 4) is 0 Å². The minimum Gasteiger partial charge on any atom is -0.327 e. The second-order valence-electron chi connectivity index (χ2n) is 5.22. The van der Waals surface area contributed by atoms with Gasteiger partial charge in [0.25, 0.3) is 0 Å². The number of piperidine rings is 1. The number of nitrogens with zero attached hydrogens (tertiary/aromatic N) is 1. The van der Waals surface area contributed by atoms with Gasteiger partial charge >= 0.3 is 6.18 Å². The highest BCUT2D eigenvalue weighted by Gasteiger charge is 2.47. The maximum Gasteiger partial charge on any atom is 0.394 e. The summed E-state index contributed by atoms with van der Waals surface area (Å²) in [6.45, 7) is 6.46. The molecule has 0 aliphatic carbocycles. The average molecular weight is 224 g/mol. The third-order valence-electron chi connectivity index (χ3n) is 3.04. The van der Waals surface area contributed by atoms with Gasteiger partial charge in [0, 0.05) is 24.7 Å². The standard InChI is InChI=1S/C10H19F3N2/c1-9(2,3)15-5-4-8(14)7(6-15)10(11,12)13/h7-8H,4-6,14H2,1-3H3. The SMILES string of the molecule is CC(C)(C)N1CCC(N)C(C(F)(F)F)C1. The van der Waals surface area contributed by atoms with Crippen LogP contribution in [0.5, 0.6) is 0 Å². The smallest absolute Gasteiger partial charge is 0.327 e. The minimum absolute atomic E-state index is 0.0220. The van der Waals surface area contributed by atoms with E-state index in [0.29, 0.717) is 13.0 Å². The van der Waals surface area contributed by atoms with Crippen molar-refractivity contribution < 1.29 is 13.2 Å². The summed E-state index contributed by atoms with van der Waals surface area (Å²) >= 11 is 0. The van der Waals surface area contributed by atoms with Crippen molar-refractivity contribution in [1.82, 2.24) is 4.90 Å². The van der Waals surface area contributed by atoms with Crippen LogP contribution >= 0.6 is 0 Å². The Balaban J connectivity index is 2.73. The summed E-state index contributed by atoms with van der Waals surface area (Å²) in [6, 6.07) is -0.747. The van der Waals surface area contributed by atoms with E-state index in [2.05, 4.69) is 0 Å². The third kappa shape index (κ3) is 3.08. The average Bonchev–Trinajstić information content (AvgIpc) is 2.00. The first-order valence-electron chi connectivity index (χ1n) is 5.19. The molecule has 0 aromatic heterocycles. The van der Waals surface area contributed by atoms with Crippen LogP contribution in [0.15, 0.2) is 0 Å². The second-order valence-corrected chi connectivity index (χ2v) is 5.22. The molecule has 2 nitrogen and oxygen atoms in total. The molecule has 1 rings (SSSR count). The van der Waals surface area contributed by atoms with Crippen LogP contribution in [-0.2, 0) is 0 Å². The topological polar surface area (TPSA) is 29.3 Å². The van der Waals surface area contributed by atoms with Crippen LogP contribution in [0.4, 0.5) is 13.2 Å². The van der Waals surface area contributed by atoms with E-state index in [-0.39, 0.29) is 12.1 Å². The Hall–Kier alpha value is -0.290. The molecule has 0 radical (unpaired) electrons. The predicted octanol–water partition coefficient (Wildman–Crippen LogP) is 2.00. The molecule has 0 aromatic rings. The van der Waals surface area contributed by atoms with Crippen LogP contribution in [0.25, 0.3) is 0 Å². The van der Waals surface area contributed by atoms with E-state index >= 15 is 0 Å². The van der Waals surface area contributed by atoms with Crippen LogP contribution in [0, 0.1) is 5.92 Å². The van der Waals surface area contributed by atoms with E-state index in [9.17, 15) is 13.2 Å². The molecule has 0 aromatic carbocycles. The molecule has 2 unspecified atom stereocenters. The summed E-state index contributed by atoms with van der Waals surface area (Å²) in [5.41, 5.74) is 5.31. The zero-order valence-electron chi connectivity index (χ0n) is 9.43. The Labute approximate surface area is 88.6 Å². The van der Waals surface area contributed by atoms with Gasteiger partial charge in [-0.3, -0.25) is 4.90 Å². The van der Waals surface area contributed by atoms with Gasteiger partial charge in [-0.1, -0.05) is 0 Å². The maximum atomic E-state index is 12.6. The second kappa shape index (κ2) is 3.94. The first-order chi connectivity index (χ1) is 6.62. The van der Waals surface area contributed by atoms with Crippen molar-refractivity contribution in [1.29, 1.82) is 0 Å². The summed E-state index contributed by atoms with van der Waals surface area (Å²) in [4.78, 5) is 1.86. The van der Waals surface area contributed by atoms with Crippen LogP contribution in [0.1, 0.15) is 27.2 Å². The molecule has 0 amide bonds. The summed E-state index contributed by atoms with van der Waals surface area (Å²) in [7, 11) is 0. The Bertz CT molecular complexity index is 220. The fourth-order valence-corrected chi connectivity index (χ4v) is 1.93. The molecule has 0 bridgehead atoms. The van der Waals surface area contributed by atoms with E-state index in [1.807, 2.05) is 25.7 Å². The van der Waals surface area contributed by atoms with Gasteiger partial charge in [-0.05, 0) is 27.2 Å². The lowest BCUT2D eigenvalue weighted by atomic mass is 9.89. The third-order valence-corrected chi connectivity index (χ3v) is 3.04. The molecule has 2 N–H and O–H groups in total. The number of halogens is 3. The lowest BCUT2D eigenvalue weighted by Crippen LogP contribution is -2.57. The summed E-state index contributed by atoms with van der Waals surface area (Å²) in [5.74, 6) is -1.38. The molecular weight excluding hydrogens is 205 g/mol. The number of hydrogen-bond acceptors (Lipinski definition) is 2. The van der Waals surface area contributed by atoms with E-state index in [1.54, 1.807) is 0 Å². The molecule has 2 atom stereocenters. The number of rotatable bonds is 0. The van der Waals surface area contributed by atoms with Crippen LogP contribution < -0.4 is 5.73 Å². The summed E-state index contributed by atoms with van der Waals surface area (Å²) in [5, 5.41) is 0. The zero-order chi connectivity index (χ0) is 11.9. The number of alkyl halides is 3. The fraction of sp³-hybridized carbons (Fsp3) is 1.00. The Kier molecular flexibility index (Phi) is 3.36. The Morgan fingerprint density at radius 1 is 1.20 bits per heavy atom. The highest BCUT2D eigenvalue weighted by molar-refractivity contribution is 4.91. The number of nitrogens with two attached hydrogens (primary N) is 1. The van der Waals surface area contributed by atoms with E-state index < -0.39 is 18.1 Å². The van der Waals surface area contributed by atoms with Crippen molar-refractivity contribution in [3.63, 3.8) is 0 Å². The van der Waals surface area contributed by atoms with Crippen molar-refractivity contribution >= 4 is 0 Å². The van der Waals surface area contributed by atoms with Gasteiger partial charge in [-0.25, -0.2) is 0 Å². The van der Waals surface area contributed by atoms with Gasteiger partial charge in [0.2, 0.25) is 0 Å². The first-order valence-corrected chi connectivity index (χ1v) is 5.19. The van der Waals surface area contributed by atoms with Crippen LogP contribution in [-0.4, -0.2) is 35.7 Å². The number of hydrogen-bond donors (Lipinski definition) is 1. The van der Waals surface area contributed by atoms with Crippen molar-refractivity contribution in [2.75, 3.05) is 13.1 Å². The molecule has 1 aliphatic heterocycles. The van der Waals surface area contributed by atoms with E-state index in [0.717, 1.165) is 0 Å². The monoisotopic (exact) mass is 224 g/mol. The highest BCUT2D eigenvalue weighted by atomic mass is 19.4. The molecule has 0 saturated carbocycles. The first kappa shape index (κ1) is 12.8. The van der Waals surface area contributed by atoms with Gasteiger partial charge in [-0.2, -0.15) is 13.2 Å². The molecule has 90 valence electrons. The van der Waals surface area contributed by atoms with Crippen LogP contribution in [0.3, 0.4) is 0 Å². The van der Waals surface area contributed by atoms with Gasteiger partial charge in [0.15, 0.2) is 0 Å². The van der Waals surface area contributed by atoms with Gasteiger partial charge in [0.1, 0.15) is 0 Å². The van der Waals surface area contributed by atoms with Crippen LogP contribution in [0.2, 0.25) is 0 Å². The number of likely N-dealkylation sites (tertiary alicyclic amines) is 1. The van der Waals surface area contributed by atoms with E-state index in [4.69, 9.17) is 5.73 Å². The molecule has 5 heteroatoms.